The van der Waals surface area contributed by atoms with E-state index in [0.29, 0.717) is 18.7 Å². The monoisotopic (exact) mass is 226 g/mol. The van der Waals surface area contributed by atoms with E-state index in [4.69, 9.17) is 4.74 Å². The quantitative estimate of drug-likeness (QED) is 0.511. The minimum atomic E-state index is -0.263. The summed E-state index contributed by atoms with van der Waals surface area (Å²) in [5, 5.41) is 0. The van der Waals surface area contributed by atoms with Crippen molar-refractivity contribution in [1.82, 2.24) is 9.80 Å². The fourth-order valence-corrected chi connectivity index (χ4v) is 1.83. The molecule has 92 valence electrons. The molecule has 0 aromatic rings. The number of rotatable bonds is 5. The molecule has 0 bridgehead atoms. The summed E-state index contributed by atoms with van der Waals surface area (Å²) in [4.78, 5) is 16.0. The van der Waals surface area contributed by atoms with Crippen molar-refractivity contribution in [1.29, 1.82) is 0 Å². The lowest BCUT2D eigenvalue weighted by atomic mass is 10.2. The number of likely N-dealkylation sites (N-methyl/N-ethyl adjacent to an activating group) is 1. The molecule has 1 rings (SSSR count). The molecule has 4 nitrogen and oxygen atoms in total. The topological polar surface area (TPSA) is 32.8 Å². The summed E-state index contributed by atoms with van der Waals surface area (Å²) in [5.41, 5.74) is 0.562. The van der Waals surface area contributed by atoms with Gasteiger partial charge in [0.05, 0.1) is 6.61 Å². The van der Waals surface area contributed by atoms with Gasteiger partial charge in [-0.1, -0.05) is 13.5 Å². The number of carbonyl (C=O) groups is 1. The number of hydrogen-bond acceptors (Lipinski definition) is 4. The first-order valence-corrected chi connectivity index (χ1v) is 5.97. The molecule has 1 fully saturated rings. The molecule has 0 aromatic heterocycles. The highest BCUT2D eigenvalue weighted by molar-refractivity contribution is 5.88. The summed E-state index contributed by atoms with van der Waals surface area (Å²) < 4.78 is 4.91. The van der Waals surface area contributed by atoms with Crippen LogP contribution in [0.25, 0.3) is 0 Å². The van der Waals surface area contributed by atoms with Crippen molar-refractivity contribution >= 4 is 5.97 Å². The molecule has 0 unspecified atom stereocenters. The molecule has 0 atom stereocenters. The van der Waals surface area contributed by atoms with E-state index in [-0.39, 0.29) is 5.97 Å². The molecule has 0 amide bonds. The van der Waals surface area contributed by atoms with E-state index in [0.717, 1.165) is 32.7 Å². The molecular formula is C12H22N2O2. The zero-order valence-electron chi connectivity index (χ0n) is 10.4. The van der Waals surface area contributed by atoms with Crippen LogP contribution in [0.3, 0.4) is 0 Å². The molecule has 16 heavy (non-hydrogen) atoms. The third kappa shape index (κ3) is 3.94. The summed E-state index contributed by atoms with van der Waals surface area (Å²) in [6.45, 7) is 14.1. The van der Waals surface area contributed by atoms with Crippen LogP contribution in [0.5, 0.6) is 0 Å². The third-order valence-electron chi connectivity index (χ3n) is 2.89. The Morgan fingerprint density at radius 1 is 1.19 bits per heavy atom. The average Bonchev–Trinajstić information content (AvgIpc) is 2.30. The van der Waals surface area contributed by atoms with Crippen LogP contribution in [-0.4, -0.2) is 61.6 Å². The highest BCUT2D eigenvalue weighted by atomic mass is 16.5. The minimum absolute atomic E-state index is 0.263. The lowest BCUT2D eigenvalue weighted by Gasteiger charge is -2.34. The summed E-state index contributed by atoms with van der Waals surface area (Å²) in [7, 11) is 0. The Kier molecular flexibility index (Phi) is 5.49. The van der Waals surface area contributed by atoms with Gasteiger partial charge in [0.2, 0.25) is 0 Å². The lowest BCUT2D eigenvalue weighted by molar-refractivity contribution is -0.138. The summed E-state index contributed by atoms with van der Waals surface area (Å²) in [6.07, 6.45) is 0. The van der Waals surface area contributed by atoms with Gasteiger partial charge in [-0.05, 0) is 13.5 Å². The Labute approximate surface area is 97.9 Å². The van der Waals surface area contributed by atoms with Gasteiger partial charge < -0.3 is 9.64 Å². The van der Waals surface area contributed by atoms with Gasteiger partial charge in [-0.3, -0.25) is 4.90 Å². The van der Waals surface area contributed by atoms with E-state index in [1.54, 1.807) is 0 Å². The van der Waals surface area contributed by atoms with Crippen molar-refractivity contribution < 1.29 is 9.53 Å². The van der Waals surface area contributed by atoms with Gasteiger partial charge in [-0.2, -0.15) is 0 Å². The molecule has 1 aliphatic heterocycles. The standard InChI is InChI=1S/C12H22N2O2/c1-4-13-6-8-14(9-7-13)10-11(3)12(15)16-5-2/h3-10H2,1-2H3. The summed E-state index contributed by atoms with van der Waals surface area (Å²) in [6, 6.07) is 0. The van der Waals surface area contributed by atoms with Crippen LogP contribution in [0.15, 0.2) is 12.2 Å². The van der Waals surface area contributed by atoms with Crippen molar-refractivity contribution in [3.8, 4) is 0 Å². The number of nitrogens with zero attached hydrogens (tertiary/aromatic N) is 2. The van der Waals surface area contributed by atoms with Crippen molar-refractivity contribution in [3.05, 3.63) is 12.2 Å². The van der Waals surface area contributed by atoms with E-state index in [1.165, 1.54) is 0 Å². The normalized spacial score (nSPS) is 18.4. The van der Waals surface area contributed by atoms with Crippen LogP contribution in [-0.2, 0) is 9.53 Å². The molecule has 1 aliphatic rings. The number of piperazine rings is 1. The highest BCUT2D eigenvalue weighted by Crippen LogP contribution is 2.05. The second-order valence-corrected chi connectivity index (χ2v) is 4.03. The number of ether oxygens (including phenoxy) is 1. The Hall–Kier alpha value is -0.870. The largest absolute Gasteiger partial charge is 0.463 e. The maximum absolute atomic E-state index is 11.4. The fraction of sp³-hybridized carbons (Fsp3) is 0.750. The average molecular weight is 226 g/mol. The molecule has 1 heterocycles. The lowest BCUT2D eigenvalue weighted by Crippen LogP contribution is -2.46. The van der Waals surface area contributed by atoms with E-state index >= 15 is 0 Å². The minimum Gasteiger partial charge on any atom is -0.463 e. The first kappa shape index (κ1) is 13.2. The van der Waals surface area contributed by atoms with Crippen LogP contribution >= 0.6 is 0 Å². The van der Waals surface area contributed by atoms with Crippen LogP contribution in [0.2, 0.25) is 0 Å². The molecule has 4 heteroatoms. The van der Waals surface area contributed by atoms with E-state index < -0.39 is 0 Å². The molecule has 0 radical (unpaired) electrons. The van der Waals surface area contributed by atoms with Gasteiger partial charge in [-0.15, -0.1) is 0 Å². The van der Waals surface area contributed by atoms with Crippen LogP contribution in [0, 0.1) is 0 Å². The van der Waals surface area contributed by atoms with E-state index in [2.05, 4.69) is 23.3 Å². The first-order valence-electron chi connectivity index (χ1n) is 5.97. The molecule has 1 saturated heterocycles. The van der Waals surface area contributed by atoms with Crippen molar-refractivity contribution in [2.45, 2.75) is 13.8 Å². The Bertz CT molecular complexity index is 245. The zero-order chi connectivity index (χ0) is 12.0. The highest BCUT2D eigenvalue weighted by Gasteiger charge is 2.18. The van der Waals surface area contributed by atoms with Gasteiger partial charge in [0.25, 0.3) is 0 Å². The van der Waals surface area contributed by atoms with Gasteiger partial charge in [-0.25, -0.2) is 4.79 Å². The first-order chi connectivity index (χ1) is 7.67. The van der Waals surface area contributed by atoms with Gasteiger partial charge >= 0.3 is 5.97 Å². The summed E-state index contributed by atoms with van der Waals surface area (Å²) in [5.74, 6) is -0.263. The maximum atomic E-state index is 11.4. The predicted molar refractivity (Wildman–Crippen MR) is 64.3 cm³/mol. The van der Waals surface area contributed by atoms with Crippen molar-refractivity contribution in [3.63, 3.8) is 0 Å². The Morgan fingerprint density at radius 2 is 1.75 bits per heavy atom. The smallest absolute Gasteiger partial charge is 0.334 e. The molecular weight excluding hydrogens is 204 g/mol. The molecule has 0 N–H and O–H groups in total. The summed E-state index contributed by atoms with van der Waals surface area (Å²) >= 11 is 0. The molecule has 0 spiro atoms. The predicted octanol–water partition coefficient (Wildman–Crippen LogP) is 0.743. The second kappa shape index (κ2) is 6.66. The maximum Gasteiger partial charge on any atom is 0.334 e. The van der Waals surface area contributed by atoms with E-state index in [9.17, 15) is 4.79 Å². The fourth-order valence-electron chi connectivity index (χ4n) is 1.83. The number of esters is 1. The molecule has 0 saturated carbocycles. The van der Waals surface area contributed by atoms with Gasteiger partial charge in [0, 0.05) is 38.3 Å². The number of hydrogen-bond donors (Lipinski definition) is 0. The van der Waals surface area contributed by atoms with Crippen LogP contribution in [0.4, 0.5) is 0 Å². The third-order valence-corrected chi connectivity index (χ3v) is 2.89. The van der Waals surface area contributed by atoms with Gasteiger partial charge in [0.1, 0.15) is 0 Å². The van der Waals surface area contributed by atoms with E-state index in [1.807, 2.05) is 6.92 Å². The van der Waals surface area contributed by atoms with Gasteiger partial charge in [0.15, 0.2) is 0 Å². The van der Waals surface area contributed by atoms with Crippen molar-refractivity contribution in [2.24, 2.45) is 0 Å². The SMILES string of the molecule is C=C(CN1CCN(CC)CC1)C(=O)OCC. The van der Waals surface area contributed by atoms with Crippen LogP contribution in [0.1, 0.15) is 13.8 Å². The van der Waals surface area contributed by atoms with Crippen molar-refractivity contribution in [2.75, 3.05) is 45.9 Å². The second-order valence-electron chi connectivity index (χ2n) is 4.03. The molecule has 0 aromatic carbocycles. The number of carbonyl (C=O) groups excluding carboxylic acids is 1. The Morgan fingerprint density at radius 3 is 2.25 bits per heavy atom. The Balaban J connectivity index is 2.28. The zero-order valence-corrected chi connectivity index (χ0v) is 10.4. The molecule has 0 aliphatic carbocycles. The van der Waals surface area contributed by atoms with Crippen LogP contribution < -0.4 is 0 Å².